The van der Waals surface area contributed by atoms with E-state index in [-0.39, 0.29) is 0 Å². The molecule has 0 aromatic heterocycles. The average Bonchev–Trinajstić information content (AvgIpc) is 2.28. The van der Waals surface area contributed by atoms with E-state index < -0.39 is 47.3 Å². The van der Waals surface area contributed by atoms with E-state index in [0.717, 1.165) is 0 Å². The molecular weight excluding hydrogens is 280 g/mol. The molecule has 0 amide bonds. The maximum Gasteiger partial charge on any atom is 0.452 e. The summed E-state index contributed by atoms with van der Waals surface area (Å²) in [4.78, 5) is 0. The molecule has 0 heterocycles. The van der Waals surface area contributed by atoms with Gasteiger partial charge >= 0.3 is 6.18 Å². The van der Waals surface area contributed by atoms with Gasteiger partial charge in [0.15, 0.2) is 0 Å². The van der Waals surface area contributed by atoms with E-state index in [2.05, 4.69) is 4.74 Å². The van der Waals surface area contributed by atoms with Crippen LogP contribution in [0.4, 0.5) is 35.1 Å². The molecule has 1 rings (SSSR count). The maximum absolute atomic E-state index is 12.8. The van der Waals surface area contributed by atoms with Gasteiger partial charge in [-0.1, -0.05) is 0 Å². The summed E-state index contributed by atoms with van der Waals surface area (Å²) >= 11 is 0. The van der Waals surface area contributed by atoms with Gasteiger partial charge < -0.3 is 9.84 Å². The lowest BCUT2D eigenvalue weighted by molar-refractivity contribution is -0.266. The van der Waals surface area contributed by atoms with Crippen LogP contribution in [0.2, 0.25) is 0 Å². The second-order valence-corrected chi connectivity index (χ2v) is 2.91. The van der Waals surface area contributed by atoms with Gasteiger partial charge in [0.25, 0.3) is 6.29 Å². The van der Waals surface area contributed by atoms with Gasteiger partial charge in [-0.15, -0.1) is 0 Å². The highest BCUT2D eigenvalue weighted by Gasteiger charge is 2.42. The van der Waals surface area contributed by atoms with Crippen LogP contribution in [-0.4, -0.2) is 17.6 Å². The second-order valence-electron chi connectivity index (χ2n) is 2.91. The monoisotopic (exact) mass is 282 g/mol. The molecule has 0 fully saturated rings. The molecule has 1 N–H and O–H groups in total. The molecule has 1 atom stereocenters. The van der Waals surface area contributed by atoms with Crippen LogP contribution >= 0.6 is 0 Å². The summed E-state index contributed by atoms with van der Waals surface area (Å²) in [6.07, 6.45) is -9.19. The Morgan fingerprint density at radius 2 is 1.11 bits per heavy atom. The molecule has 0 aliphatic rings. The zero-order valence-corrected chi connectivity index (χ0v) is 7.96. The molecule has 0 aliphatic carbocycles. The Labute approximate surface area is 93.4 Å². The smallest absolute Gasteiger partial charge is 0.449 e. The lowest BCUT2D eigenvalue weighted by Crippen LogP contribution is -2.34. The molecule has 0 spiro atoms. The molecule has 1 aromatic carbocycles. The second kappa shape index (κ2) is 4.59. The van der Waals surface area contributed by atoms with Crippen molar-refractivity contribution in [2.24, 2.45) is 0 Å². The van der Waals surface area contributed by atoms with Crippen LogP contribution in [0.5, 0.6) is 5.75 Å². The first-order valence-electron chi connectivity index (χ1n) is 4.00. The Hall–Kier alpha value is -1.58. The largest absolute Gasteiger partial charge is 0.452 e. The molecule has 0 aliphatic heterocycles. The number of benzene rings is 1. The summed E-state index contributed by atoms with van der Waals surface area (Å²) < 4.78 is 102. The van der Waals surface area contributed by atoms with E-state index in [0.29, 0.717) is 0 Å². The molecule has 102 valence electrons. The quantitative estimate of drug-likeness (QED) is 0.391. The van der Waals surface area contributed by atoms with Crippen molar-refractivity contribution in [3.05, 3.63) is 29.1 Å². The zero-order valence-electron chi connectivity index (χ0n) is 7.96. The van der Waals surface area contributed by atoms with E-state index in [1.807, 2.05) is 0 Å². The molecule has 0 saturated carbocycles. The van der Waals surface area contributed by atoms with E-state index in [1.165, 1.54) is 0 Å². The van der Waals surface area contributed by atoms with Gasteiger partial charge in [0.05, 0.1) is 0 Å². The Kier molecular flexibility index (Phi) is 3.70. The lowest BCUT2D eigenvalue weighted by atomic mass is 10.2. The Morgan fingerprint density at radius 3 is 1.44 bits per heavy atom. The molecule has 0 saturated heterocycles. The molecular formula is C8H2F8O2. The zero-order chi connectivity index (χ0) is 14.2. The number of hydrogen-bond acceptors (Lipinski definition) is 2. The summed E-state index contributed by atoms with van der Waals surface area (Å²) in [5.74, 6) is -15.0. The van der Waals surface area contributed by atoms with E-state index in [4.69, 9.17) is 5.11 Å². The van der Waals surface area contributed by atoms with Crippen LogP contribution in [0, 0.1) is 29.1 Å². The number of ether oxygens (including phenoxy) is 1. The van der Waals surface area contributed by atoms with Crippen LogP contribution in [-0.2, 0) is 0 Å². The molecule has 1 unspecified atom stereocenters. The highest BCUT2D eigenvalue weighted by molar-refractivity contribution is 5.29. The molecule has 10 heteroatoms. The molecule has 0 radical (unpaired) electrons. The van der Waals surface area contributed by atoms with Crippen molar-refractivity contribution in [2.45, 2.75) is 12.5 Å². The normalized spacial score (nSPS) is 13.6. The van der Waals surface area contributed by atoms with Gasteiger partial charge in [-0.2, -0.15) is 22.0 Å². The number of aliphatic hydroxyl groups is 1. The SMILES string of the molecule is OC(Oc1c(F)c(F)c(F)c(F)c1F)C(F)(F)F. The van der Waals surface area contributed by atoms with E-state index in [9.17, 15) is 35.1 Å². The van der Waals surface area contributed by atoms with Gasteiger partial charge in [-0.05, 0) is 0 Å². The van der Waals surface area contributed by atoms with Crippen molar-refractivity contribution < 1.29 is 45.0 Å². The van der Waals surface area contributed by atoms with Gasteiger partial charge in [-0.25, -0.2) is 13.2 Å². The maximum atomic E-state index is 12.8. The first-order valence-corrected chi connectivity index (χ1v) is 4.00. The molecule has 2 nitrogen and oxygen atoms in total. The fraction of sp³-hybridized carbons (Fsp3) is 0.250. The van der Waals surface area contributed by atoms with Crippen molar-refractivity contribution in [3.8, 4) is 5.75 Å². The standard InChI is InChI=1S/C8H2F8O2/c9-1-2(10)4(12)6(5(13)3(1)11)18-7(17)8(14,15)16/h7,17H. The first-order chi connectivity index (χ1) is 8.07. The summed E-state index contributed by atoms with van der Waals surface area (Å²) in [5.41, 5.74) is 0. The Morgan fingerprint density at radius 1 is 0.778 bits per heavy atom. The highest BCUT2D eigenvalue weighted by Crippen LogP contribution is 2.32. The first kappa shape index (κ1) is 14.5. The summed E-state index contributed by atoms with van der Waals surface area (Å²) in [5, 5.41) is 8.32. The van der Waals surface area contributed by atoms with Gasteiger partial charge in [0.2, 0.25) is 34.8 Å². The molecule has 1 aromatic rings. The molecule has 18 heavy (non-hydrogen) atoms. The van der Waals surface area contributed by atoms with Crippen molar-refractivity contribution >= 4 is 0 Å². The third-order valence-corrected chi connectivity index (χ3v) is 1.68. The fourth-order valence-electron chi connectivity index (χ4n) is 0.867. The number of aliphatic hydroxyl groups excluding tert-OH is 1. The highest BCUT2D eigenvalue weighted by atomic mass is 19.4. The van der Waals surface area contributed by atoms with Crippen LogP contribution < -0.4 is 4.74 Å². The van der Waals surface area contributed by atoms with Crippen molar-refractivity contribution in [1.29, 1.82) is 0 Å². The number of alkyl halides is 3. The van der Waals surface area contributed by atoms with Crippen LogP contribution in [0.1, 0.15) is 0 Å². The summed E-state index contributed by atoms with van der Waals surface area (Å²) in [6, 6.07) is 0. The minimum Gasteiger partial charge on any atom is -0.449 e. The van der Waals surface area contributed by atoms with Crippen LogP contribution in [0.25, 0.3) is 0 Å². The van der Waals surface area contributed by atoms with Crippen molar-refractivity contribution in [2.75, 3.05) is 0 Å². The van der Waals surface area contributed by atoms with Gasteiger partial charge in [0, 0.05) is 0 Å². The van der Waals surface area contributed by atoms with Gasteiger partial charge in [-0.3, -0.25) is 0 Å². The topological polar surface area (TPSA) is 29.5 Å². The summed E-state index contributed by atoms with van der Waals surface area (Å²) in [7, 11) is 0. The number of halogens is 8. The fourth-order valence-corrected chi connectivity index (χ4v) is 0.867. The van der Waals surface area contributed by atoms with Crippen LogP contribution in [0.15, 0.2) is 0 Å². The van der Waals surface area contributed by atoms with Crippen molar-refractivity contribution in [3.63, 3.8) is 0 Å². The number of rotatable bonds is 2. The third-order valence-electron chi connectivity index (χ3n) is 1.68. The minimum absolute atomic E-state index is 2.21. The van der Waals surface area contributed by atoms with Crippen LogP contribution in [0.3, 0.4) is 0 Å². The molecule has 0 bridgehead atoms. The number of hydrogen-bond donors (Lipinski definition) is 1. The minimum atomic E-state index is -5.46. The predicted octanol–water partition coefficient (Wildman–Crippen LogP) is 2.64. The predicted molar refractivity (Wildman–Crippen MR) is 38.9 cm³/mol. The summed E-state index contributed by atoms with van der Waals surface area (Å²) in [6.45, 7) is 0. The van der Waals surface area contributed by atoms with Gasteiger partial charge in [0.1, 0.15) is 0 Å². The average molecular weight is 282 g/mol. The van der Waals surface area contributed by atoms with E-state index >= 15 is 0 Å². The third kappa shape index (κ3) is 2.47. The van der Waals surface area contributed by atoms with E-state index in [1.54, 1.807) is 0 Å². The van der Waals surface area contributed by atoms with Crippen molar-refractivity contribution in [1.82, 2.24) is 0 Å². The lowest BCUT2D eigenvalue weighted by Gasteiger charge is -2.17. The Bertz CT molecular complexity index is 440. The Balaban J connectivity index is 3.26.